The quantitative estimate of drug-likeness (QED) is 0.333. The molecule has 0 unspecified atom stereocenters. The van der Waals surface area contributed by atoms with Crippen LogP contribution in [0.2, 0.25) is 5.02 Å². The smallest absolute Gasteiger partial charge is 0.0729 e. The highest BCUT2D eigenvalue weighted by Crippen LogP contribution is 2.23. The Morgan fingerprint density at radius 3 is 2.12 bits per heavy atom. The van der Waals surface area contributed by atoms with E-state index in [4.69, 9.17) is 16.6 Å². The van der Waals surface area contributed by atoms with Crippen LogP contribution in [-0.2, 0) is 0 Å². The predicted molar refractivity (Wildman–Crippen MR) is 115 cm³/mol. The number of aryl methyl sites for hydroxylation is 2. The molecule has 3 aromatic carbocycles. The lowest BCUT2D eigenvalue weighted by molar-refractivity contribution is 1.38. The van der Waals surface area contributed by atoms with Gasteiger partial charge in [-0.3, -0.25) is 0 Å². The Hall–Kier alpha value is -2.29. The Bertz CT molecular complexity index is 925. The number of rotatable bonds is 5. The summed E-state index contributed by atoms with van der Waals surface area (Å²) in [4.78, 5) is 6.00. The molecular formula is C23H20ClNS. The summed E-state index contributed by atoms with van der Waals surface area (Å²) in [5, 5.41) is 2.75. The molecule has 0 aliphatic heterocycles. The molecule has 0 amide bonds. The Kier molecular flexibility index (Phi) is 6.32. The molecule has 3 aromatic rings. The number of hydrogen-bond donors (Lipinski definition) is 0. The van der Waals surface area contributed by atoms with Crippen molar-refractivity contribution in [1.29, 1.82) is 0 Å². The van der Waals surface area contributed by atoms with Crippen LogP contribution < -0.4 is 0 Å². The van der Waals surface area contributed by atoms with Crippen LogP contribution in [0, 0.1) is 13.8 Å². The van der Waals surface area contributed by atoms with Crippen LogP contribution in [0.5, 0.6) is 0 Å². The van der Waals surface area contributed by atoms with Gasteiger partial charge in [0.25, 0.3) is 0 Å². The fourth-order valence-electron chi connectivity index (χ4n) is 2.41. The van der Waals surface area contributed by atoms with Gasteiger partial charge in [-0.05, 0) is 55.7 Å². The van der Waals surface area contributed by atoms with E-state index in [-0.39, 0.29) is 0 Å². The molecule has 3 heteroatoms. The summed E-state index contributed by atoms with van der Waals surface area (Å²) in [6, 6.07) is 24.4. The van der Waals surface area contributed by atoms with Crippen LogP contribution >= 0.6 is 23.4 Å². The van der Waals surface area contributed by atoms with Crippen molar-refractivity contribution < 1.29 is 0 Å². The van der Waals surface area contributed by atoms with Gasteiger partial charge in [0, 0.05) is 15.5 Å². The Morgan fingerprint density at radius 2 is 1.46 bits per heavy atom. The number of nitrogens with zero attached hydrogens (tertiary/aromatic N) is 1. The number of aliphatic imine (C=N–C) groups is 1. The lowest BCUT2D eigenvalue weighted by Gasteiger charge is -2.05. The van der Waals surface area contributed by atoms with E-state index in [1.165, 1.54) is 16.0 Å². The third kappa shape index (κ3) is 5.10. The molecule has 0 atom stereocenters. The van der Waals surface area contributed by atoms with Crippen molar-refractivity contribution in [1.82, 2.24) is 0 Å². The van der Waals surface area contributed by atoms with Crippen LogP contribution in [-0.4, -0.2) is 5.71 Å². The molecular weight excluding hydrogens is 358 g/mol. The molecule has 0 saturated heterocycles. The van der Waals surface area contributed by atoms with E-state index < -0.39 is 0 Å². The van der Waals surface area contributed by atoms with Gasteiger partial charge >= 0.3 is 0 Å². The third-order valence-electron chi connectivity index (χ3n) is 3.88. The minimum atomic E-state index is 0.698. The van der Waals surface area contributed by atoms with Gasteiger partial charge in [0.05, 0.1) is 11.4 Å². The molecule has 1 nitrogen and oxygen atoms in total. The highest BCUT2D eigenvalue weighted by Gasteiger charge is 2.05. The molecule has 0 spiro atoms. The lowest BCUT2D eigenvalue weighted by atomic mass is 10.1. The average molecular weight is 378 g/mol. The first-order valence-electron chi connectivity index (χ1n) is 8.42. The predicted octanol–water partition coefficient (Wildman–Crippen LogP) is 7.38. The van der Waals surface area contributed by atoms with E-state index in [0.717, 1.165) is 17.0 Å². The van der Waals surface area contributed by atoms with Gasteiger partial charge in [-0.25, -0.2) is 4.99 Å². The molecule has 130 valence electrons. The molecule has 26 heavy (non-hydrogen) atoms. The standard InChI is InChI=1S/C23H20ClNS/c1-17-7-11-19(12-8-17)25-23(21-5-3-4-6-22(21)24)15-16-26-20-13-9-18(2)10-14-20/h3-16H,1-2H3. The molecule has 3 rings (SSSR count). The molecule has 0 saturated carbocycles. The zero-order chi connectivity index (χ0) is 18.4. The van der Waals surface area contributed by atoms with Crippen molar-refractivity contribution in [2.24, 2.45) is 4.99 Å². The van der Waals surface area contributed by atoms with Crippen LogP contribution in [0.3, 0.4) is 0 Å². The van der Waals surface area contributed by atoms with Gasteiger partial charge < -0.3 is 0 Å². The summed E-state index contributed by atoms with van der Waals surface area (Å²) in [5.74, 6) is 0. The third-order valence-corrected chi connectivity index (χ3v) is 5.03. The molecule has 0 aromatic heterocycles. The van der Waals surface area contributed by atoms with Gasteiger partial charge in [-0.1, -0.05) is 77.0 Å². The first-order chi connectivity index (χ1) is 12.6. The van der Waals surface area contributed by atoms with Crippen molar-refractivity contribution in [3.8, 4) is 0 Å². The number of allylic oxidation sites excluding steroid dienone is 1. The number of halogens is 1. The maximum atomic E-state index is 6.40. The van der Waals surface area contributed by atoms with Crippen molar-refractivity contribution >= 4 is 34.8 Å². The summed E-state index contributed by atoms with van der Waals surface area (Å²) in [6.45, 7) is 4.16. The molecule has 0 aliphatic rings. The van der Waals surface area contributed by atoms with Gasteiger partial charge in [0.15, 0.2) is 0 Å². The first-order valence-corrected chi connectivity index (χ1v) is 9.68. The van der Waals surface area contributed by atoms with Crippen LogP contribution in [0.15, 0.2) is 94.2 Å². The average Bonchev–Trinajstić information content (AvgIpc) is 2.65. The van der Waals surface area contributed by atoms with E-state index in [1.54, 1.807) is 11.8 Å². The van der Waals surface area contributed by atoms with Crippen LogP contribution in [0.1, 0.15) is 16.7 Å². The van der Waals surface area contributed by atoms with Crippen molar-refractivity contribution in [3.63, 3.8) is 0 Å². The zero-order valence-electron chi connectivity index (χ0n) is 14.8. The summed E-state index contributed by atoms with van der Waals surface area (Å²) in [5.41, 5.74) is 5.16. The summed E-state index contributed by atoms with van der Waals surface area (Å²) < 4.78 is 0. The van der Waals surface area contributed by atoms with Crippen LogP contribution in [0.25, 0.3) is 0 Å². The topological polar surface area (TPSA) is 12.4 Å². The highest BCUT2D eigenvalue weighted by molar-refractivity contribution is 8.02. The van der Waals surface area contributed by atoms with Crippen LogP contribution in [0.4, 0.5) is 5.69 Å². The largest absolute Gasteiger partial charge is 0.248 e. The first kappa shape index (κ1) is 18.5. The van der Waals surface area contributed by atoms with E-state index in [2.05, 4.69) is 55.7 Å². The Labute approximate surface area is 164 Å². The fourth-order valence-corrected chi connectivity index (χ4v) is 3.29. The zero-order valence-corrected chi connectivity index (χ0v) is 16.4. The van der Waals surface area contributed by atoms with E-state index in [9.17, 15) is 0 Å². The second-order valence-corrected chi connectivity index (χ2v) is 7.43. The Balaban J connectivity index is 1.90. The number of benzene rings is 3. The van der Waals surface area contributed by atoms with E-state index in [1.807, 2.05) is 42.5 Å². The monoisotopic (exact) mass is 377 g/mol. The second-order valence-electron chi connectivity index (χ2n) is 6.05. The molecule has 0 fully saturated rings. The number of thioether (sulfide) groups is 1. The van der Waals surface area contributed by atoms with Gasteiger partial charge in [-0.2, -0.15) is 0 Å². The molecule has 0 radical (unpaired) electrons. The SMILES string of the molecule is Cc1ccc(N=C(C=CSc2ccc(C)cc2)c2ccccc2Cl)cc1. The molecule has 0 heterocycles. The van der Waals surface area contributed by atoms with Gasteiger partial charge in [0.2, 0.25) is 0 Å². The maximum absolute atomic E-state index is 6.40. The highest BCUT2D eigenvalue weighted by atomic mass is 35.5. The second kappa shape index (κ2) is 8.88. The van der Waals surface area contributed by atoms with E-state index in [0.29, 0.717) is 5.02 Å². The minimum Gasteiger partial charge on any atom is -0.248 e. The van der Waals surface area contributed by atoms with Gasteiger partial charge in [0.1, 0.15) is 0 Å². The van der Waals surface area contributed by atoms with Crippen molar-refractivity contribution in [3.05, 3.63) is 106 Å². The number of hydrogen-bond acceptors (Lipinski definition) is 2. The lowest BCUT2D eigenvalue weighted by Crippen LogP contribution is -1.97. The maximum Gasteiger partial charge on any atom is 0.0729 e. The van der Waals surface area contributed by atoms with E-state index >= 15 is 0 Å². The molecule has 0 bridgehead atoms. The summed E-state index contributed by atoms with van der Waals surface area (Å²) >= 11 is 8.07. The normalized spacial score (nSPS) is 11.9. The molecule has 0 N–H and O–H groups in total. The minimum absolute atomic E-state index is 0.698. The Morgan fingerprint density at radius 1 is 0.846 bits per heavy atom. The summed E-state index contributed by atoms with van der Waals surface area (Å²) in [6.07, 6.45) is 2.02. The van der Waals surface area contributed by atoms with Crippen molar-refractivity contribution in [2.75, 3.05) is 0 Å². The summed E-state index contributed by atoms with van der Waals surface area (Å²) in [7, 11) is 0. The van der Waals surface area contributed by atoms with Crippen molar-refractivity contribution in [2.45, 2.75) is 18.7 Å². The fraction of sp³-hybridized carbons (Fsp3) is 0.0870. The van der Waals surface area contributed by atoms with Gasteiger partial charge in [-0.15, -0.1) is 0 Å². The molecule has 0 aliphatic carbocycles.